The Morgan fingerprint density at radius 3 is 1.12 bits per heavy atom. The molecule has 0 fully saturated rings. The first kappa shape index (κ1) is 37.3. The topological polar surface area (TPSA) is 68.2 Å². The van der Waals surface area contributed by atoms with E-state index in [0.29, 0.717) is 18.1 Å². The van der Waals surface area contributed by atoms with Crippen LogP contribution in [0.15, 0.2) is 97.1 Å². The van der Waals surface area contributed by atoms with Crippen LogP contribution in [0.25, 0.3) is 0 Å². The predicted molar refractivity (Wildman–Crippen MR) is 199 cm³/mol. The van der Waals surface area contributed by atoms with Crippen LogP contribution in [0.1, 0.15) is 121 Å². The molecule has 48 heavy (non-hydrogen) atoms. The minimum atomic E-state index is -1.68. The van der Waals surface area contributed by atoms with Crippen molar-refractivity contribution in [3.05, 3.63) is 119 Å². The van der Waals surface area contributed by atoms with E-state index in [9.17, 15) is 10.2 Å². The lowest BCUT2D eigenvalue weighted by Gasteiger charge is -2.27. The number of unbranched alkanes of at least 4 members (excludes halogenated alkanes) is 9. The number of hydrogen-bond acceptors (Lipinski definition) is 5. The zero-order valence-corrected chi connectivity index (χ0v) is 30.5. The summed E-state index contributed by atoms with van der Waals surface area (Å²) >= 11 is 0. The van der Waals surface area contributed by atoms with Gasteiger partial charge in [-0.3, -0.25) is 4.52 Å². The lowest BCUT2D eigenvalue weighted by molar-refractivity contribution is 0.258. The lowest BCUT2D eigenvalue weighted by atomic mass is 9.78. The third-order valence-electron chi connectivity index (χ3n) is 9.38. The van der Waals surface area contributed by atoms with Gasteiger partial charge in [0.05, 0.1) is 6.61 Å². The van der Waals surface area contributed by atoms with E-state index in [2.05, 4.69) is 58.9 Å². The second kappa shape index (κ2) is 18.3. The third-order valence-corrected chi connectivity index (χ3v) is 10.5. The molecule has 0 heterocycles. The minimum absolute atomic E-state index is 0.241. The number of phenols is 2. The average molecular weight is 671 g/mol. The minimum Gasteiger partial charge on any atom is -0.508 e. The molecule has 4 aromatic rings. The first-order valence-electron chi connectivity index (χ1n) is 17.7. The first-order chi connectivity index (χ1) is 23.1. The Balaban J connectivity index is 1.38. The van der Waals surface area contributed by atoms with Crippen LogP contribution in [0.2, 0.25) is 0 Å². The van der Waals surface area contributed by atoms with Crippen molar-refractivity contribution < 1.29 is 23.8 Å². The van der Waals surface area contributed by atoms with Crippen LogP contribution < -0.4 is 9.05 Å². The Kier molecular flexibility index (Phi) is 14.2. The smallest absolute Gasteiger partial charge is 0.463 e. The maximum absolute atomic E-state index is 9.74. The molecule has 0 radical (unpaired) electrons. The van der Waals surface area contributed by atoms with E-state index in [1.807, 2.05) is 48.5 Å². The number of hydrogen-bond donors (Lipinski definition) is 2. The van der Waals surface area contributed by atoms with Gasteiger partial charge in [-0.25, -0.2) is 0 Å². The van der Waals surface area contributed by atoms with E-state index in [-0.39, 0.29) is 22.3 Å². The summed E-state index contributed by atoms with van der Waals surface area (Å²) in [4.78, 5) is 0. The van der Waals surface area contributed by atoms with E-state index in [0.717, 1.165) is 35.1 Å². The molecule has 0 saturated carbocycles. The van der Waals surface area contributed by atoms with Crippen molar-refractivity contribution in [2.24, 2.45) is 0 Å². The SMILES string of the molecule is CCCCCCCCCCCCOP(Oc1ccc(C(C)(C)c2ccc(O)cc2)cc1)Oc1ccc(C(C)(C)c2ccc(O)cc2)cc1. The zero-order chi connectivity index (χ0) is 34.4. The van der Waals surface area contributed by atoms with Gasteiger partial charge in [-0.1, -0.05) is 141 Å². The van der Waals surface area contributed by atoms with E-state index in [1.54, 1.807) is 24.3 Å². The Hall–Kier alpha value is -3.53. The van der Waals surface area contributed by atoms with Gasteiger partial charge in [-0.2, -0.15) is 0 Å². The van der Waals surface area contributed by atoms with Gasteiger partial charge in [0.2, 0.25) is 0 Å². The number of benzene rings is 4. The summed E-state index contributed by atoms with van der Waals surface area (Å²) < 4.78 is 18.9. The second-order valence-corrected chi connectivity index (χ2v) is 14.9. The second-order valence-electron chi connectivity index (χ2n) is 13.8. The van der Waals surface area contributed by atoms with Crippen LogP contribution in [0.4, 0.5) is 0 Å². The molecule has 0 saturated heterocycles. The summed E-state index contributed by atoms with van der Waals surface area (Å²) in [5, 5.41) is 19.5. The van der Waals surface area contributed by atoms with Crippen LogP contribution in [-0.2, 0) is 15.4 Å². The molecule has 0 spiro atoms. The highest BCUT2D eigenvalue weighted by Crippen LogP contribution is 2.43. The van der Waals surface area contributed by atoms with Gasteiger partial charge < -0.3 is 19.3 Å². The largest absolute Gasteiger partial charge is 0.508 e. The van der Waals surface area contributed by atoms with Crippen molar-refractivity contribution in [2.75, 3.05) is 6.61 Å². The molecule has 0 aliphatic heterocycles. The summed E-state index contributed by atoms with van der Waals surface area (Å²) in [6.45, 7) is 11.5. The van der Waals surface area contributed by atoms with E-state index in [1.165, 1.54) is 51.4 Å². The molecule has 0 amide bonds. The normalized spacial score (nSPS) is 12.0. The molecule has 2 N–H and O–H groups in total. The van der Waals surface area contributed by atoms with Gasteiger partial charge in [-0.05, 0) is 77.2 Å². The Morgan fingerprint density at radius 2 is 0.771 bits per heavy atom. The number of aromatic hydroxyl groups is 2. The molecule has 5 nitrogen and oxygen atoms in total. The highest BCUT2D eigenvalue weighted by Gasteiger charge is 2.25. The third kappa shape index (κ3) is 11.0. The molecule has 0 aliphatic carbocycles. The molecule has 0 aliphatic rings. The van der Waals surface area contributed by atoms with Gasteiger partial charge in [0.1, 0.15) is 23.0 Å². The Bertz CT molecular complexity index is 1380. The maximum atomic E-state index is 9.74. The monoisotopic (exact) mass is 670 g/mol. The zero-order valence-electron chi connectivity index (χ0n) is 29.6. The van der Waals surface area contributed by atoms with Gasteiger partial charge in [-0.15, -0.1) is 0 Å². The molecular formula is C42H55O5P. The molecule has 258 valence electrons. The van der Waals surface area contributed by atoms with E-state index in [4.69, 9.17) is 13.6 Å². The van der Waals surface area contributed by atoms with Crippen molar-refractivity contribution in [1.82, 2.24) is 0 Å². The molecule has 4 aromatic carbocycles. The van der Waals surface area contributed by atoms with Crippen LogP contribution in [0, 0.1) is 0 Å². The predicted octanol–water partition coefficient (Wildman–Crippen LogP) is 12.4. The highest BCUT2D eigenvalue weighted by molar-refractivity contribution is 7.42. The van der Waals surface area contributed by atoms with Gasteiger partial charge in [0.15, 0.2) is 0 Å². The molecular weight excluding hydrogens is 615 g/mol. The summed E-state index contributed by atoms with van der Waals surface area (Å²) in [6, 6.07) is 31.0. The summed E-state index contributed by atoms with van der Waals surface area (Å²) in [5.74, 6) is 1.92. The number of rotatable bonds is 20. The number of phenolic OH excluding ortho intramolecular Hbond substituents is 2. The van der Waals surface area contributed by atoms with Gasteiger partial charge >= 0.3 is 8.60 Å². The van der Waals surface area contributed by atoms with Crippen molar-refractivity contribution in [2.45, 2.75) is 110 Å². The maximum Gasteiger partial charge on any atom is 0.463 e. The quantitative estimate of drug-likeness (QED) is 0.0723. The first-order valence-corrected chi connectivity index (χ1v) is 18.8. The fraction of sp³-hybridized carbons (Fsp3) is 0.429. The fourth-order valence-electron chi connectivity index (χ4n) is 5.93. The molecule has 0 unspecified atom stereocenters. The van der Waals surface area contributed by atoms with E-state index < -0.39 is 8.60 Å². The molecule has 4 rings (SSSR count). The van der Waals surface area contributed by atoms with E-state index >= 15 is 0 Å². The molecule has 0 bridgehead atoms. The van der Waals surface area contributed by atoms with Crippen molar-refractivity contribution in [3.8, 4) is 23.0 Å². The van der Waals surface area contributed by atoms with Crippen molar-refractivity contribution >= 4 is 8.60 Å². The summed E-state index contributed by atoms with van der Waals surface area (Å²) in [7, 11) is -1.68. The van der Waals surface area contributed by atoms with Crippen LogP contribution in [0.3, 0.4) is 0 Å². The average Bonchev–Trinajstić information content (AvgIpc) is 3.08. The summed E-state index contributed by atoms with van der Waals surface area (Å²) in [6.07, 6.45) is 12.7. The molecule has 6 heteroatoms. The highest BCUT2D eigenvalue weighted by atomic mass is 31.2. The van der Waals surface area contributed by atoms with Gasteiger partial charge in [0, 0.05) is 10.8 Å². The van der Waals surface area contributed by atoms with Crippen molar-refractivity contribution in [3.63, 3.8) is 0 Å². The van der Waals surface area contributed by atoms with Crippen LogP contribution >= 0.6 is 8.60 Å². The van der Waals surface area contributed by atoms with Crippen molar-refractivity contribution in [1.29, 1.82) is 0 Å². The van der Waals surface area contributed by atoms with Crippen LogP contribution in [-0.4, -0.2) is 16.8 Å². The van der Waals surface area contributed by atoms with Crippen LogP contribution in [0.5, 0.6) is 23.0 Å². The summed E-state index contributed by atoms with van der Waals surface area (Å²) in [5.41, 5.74) is 4.05. The van der Waals surface area contributed by atoms with Gasteiger partial charge in [0.25, 0.3) is 0 Å². The molecule has 0 atom stereocenters. The Labute approximate surface area is 290 Å². The standard InChI is InChI=1S/C42H55O5P/c1-6-7-8-9-10-11-12-13-14-15-32-45-48(46-39-28-20-35(21-29-39)41(2,3)33-16-24-37(43)25-17-33)47-40-30-22-36(23-31-40)42(4,5)34-18-26-38(44)27-19-34/h16-31,43-44H,6-15,32H2,1-5H3. The molecule has 0 aromatic heterocycles. The lowest BCUT2D eigenvalue weighted by Crippen LogP contribution is -2.18. The Morgan fingerprint density at radius 1 is 0.458 bits per heavy atom. The fourth-order valence-corrected chi connectivity index (χ4v) is 6.94.